The number of hydrogen-bond donors (Lipinski definition) is 2. The number of hydrazine groups is 1. The van der Waals surface area contributed by atoms with Crippen molar-refractivity contribution in [3.8, 4) is 10.4 Å². The molecule has 6 nitrogen and oxygen atoms in total. The van der Waals surface area contributed by atoms with Crippen molar-refractivity contribution in [3.63, 3.8) is 0 Å². The van der Waals surface area contributed by atoms with Gasteiger partial charge in [0.2, 0.25) is 5.76 Å². The van der Waals surface area contributed by atoms with Gasteiger partial charge < -0.3 is 4.52 Å². The van der Waals surface area contributed by atoms with E-state index in [2.05, 4.69) is 16.0 Å². The van der Waals surface area contributed by atoms with Crippen LogP contribution in [0, 0.1) is 5.82 Å². The van der Waals surface area contributed by atoms with Crippen LogP contribution in [0.1, 0.15) is 45.7 Å². The minimum atomic E-state index is -0.590. The Morgan fingerprint density at radius 2 is 1.77 bits per heavy atom. The Hall–Kier alpha value is -3.00. The van der Waals surface area contributed by atoms with Crippen molar-refractivity contribution >= 4 is 23.2 Å². The number of halogens is 1. The maximum Gasteiger partial charge on any atom is 0.308 e. The Morgan fingerprint density at radius 1 is 1.08 bits per heavy atom. The number of thiophene rings is 1. The number of nitrogens with zero attached hydrogens (tertiary/aromatic N) is 1. The Balaban J connectivity index is 1.61. The van der Waals surface area contributed by atoms with Crippen molar-refractivity contribution in [3.05, 3.63) is 64.6 Å². The second-order valence-corrected chi connectivity index (χ2v) is 6.93. The highest BCUT2D eigenvalue weighted by Crippen LogP contribution is 2.28. The Morgan fingerprint density at radius 3 is 2.42 bits per heavy atom. The average molecular weight is 373 g/mol. The van der Waals surface area contributed by atoms with Gasteiger partial charge in [0.05, 0.1) is 10.6 Å². The molecule has 0 aliphatic rings. The molecule has 0 unspecified atom stereocenters. The molecule has 2 N–H and O–H groups in total. The molecule has 0 bridgehead atoms. The van der Waals surface area contributed by atoms with Gasteiger partial charge in [0.25, 0.3) is 5.91 Å². The average Bonchev–Trinajstić information content (AvgIpc) is 3.29. The summed E-state index contributed by atoms with van der Waals surface area (Å²) >= 11 is 1.23. The fourth-order valence-corrected chi connectivity index (χ4v) is 3.04. The second-order valence-electron chi connectivity index (χ2n) is 5.85. The summed E-state index contributed by atoms with van der Waals surface area (Å²) in [5, 5.41) is 3.79. The van der Waals surface area contributed by atoms with E-state index in [1.807, 2.05) is 13.8 Å². The SMILES string of the molecule is CC(C)c1cc(C(=O)NNC(=O)c2ccc(-c3ccc(F)cc3)s2)on1. The van der Waals surface area contributed by atoms with E-state index in [1.54, 1.807) is 24.3 Å². The smallest absolute Gasteiger partial charge is 0.308 e. The Labute approximate surface area is 153 Å². The summed E-state index contributed by atoms with van der Waals surface area (Å²) in [6.45, 7) is 3.85. The van der Waals surface area contributed by atoms with Gasteiger partial charge in [-0.1, -0.05) is 31.1 Å². The lowest BCUT2D eigenvalue weighted by Crippen LogP contribution is -2.41. The summed E-state index contributed by atoms with van der Waals surface area (Å²) in [6.07, 6.45) is 0. The first-order valence-corrected chi connectivity index (χ1v) is 8.69. The third-order valence-electron chi connectivity index (χ3n) is 3.59. The fraction of sp³-hybridized carbons (Fsp3) is 0.167. The van der Waals surface area contributed by atoms with E-state index in [-0.39, 0.29) is 17.5 Å². The number of hydrogen-bond acceptors (Lipinski definition) is 5. The van der Waals surface area contributed by atoms with Gasteiger partial charge >= 0.3 is 5.91 Å². The van der Waals surface area contributed by atoms with E-state index in [9.17, 15) is 14.0 Å². The van der Waals surface area contributed by atoms with Crippen LogP contribution in [-0.4, -0.2) is 17.0 Å². The summed E-state index contributed by atoms with van der Waals surface area (Å²) in [5.41, 5.74) is 6.09. The van der Waals surface area contributed by atoms with Gasteiger partial charge in [0, 0.05) is 10.9 Å². The van der Waals surface area contributed by atoms with Gasteiger partial charge in [-0.3, -0.25) is 20.4 Å². The molecule has 2 heterocycles. The number of nitrogens with one attached hydrogen (secondary N) is 2. The summed E-state index contributed by atoms with van der Waals surface area (Å²) in [5.74, 6) is -1.22. The summed E-state index contributed by atoms with van der Waals surface area (Å²) in [7, 11) is 0. The van der Waals surface area contributed by atoms with E-state index in [0.717, 1.165) is 10.4 Å². The molecule has 3 rings (SSSR count). The van der Waals surface area contributed by atoms with E-state index in [0.29, 0.717) is 10.6 Å². The van der Waals surface area contributed by atoms with Crippen LogP contribution < -0.4 is 10.9 Å². The van der Waals surface area contributed by atoms with Gasteiger partial charge in [0.15, 0.2) is 0 Å². The van der Waals surface area contributed by atoms with Crippen LogP contribution in [0.2, 0.25) is 0 Å². The van der Waals surface area contributed by atoms with Crippen LogP contribution in [0.25, 0.3) is 10.4 Å². The minimum absolute atomic E-state index is 0.0205. The Bertz CT molecular complexity index is 931. The maximum absolute atomic E-state index is 13.0. The number of aromatic nitrogens is 1. The van der Waals surface area contributed by atoms with Crippen molar-refractivity contribution in [1.29, 1.82) is 0 Å². The van der Waals surface area contributed by atoms with Crippen LogP contribution in [-0.2, 0) is 0 Å². The summed E-state index contributed by atoms with van der Waals surface area (Å²) in [4.78, 5) is 25.4. The molecule has 0 radical (unpaired) electrons. The number of amides is 2. The normalized spacial score (nSPS) is 10.8. The highest BCUT2D eigenvalue weighted by atomic mass is 32.1. The third kappa shape index (κ3) is 3.97. The van der Waals surface area contributed by atoms with E-state index < -0.39 is 11.8 Å². The monoisotopic (exact) mass is 373 g/mol. The van der Waals surface area contributed by atoms with Gasteiger partial charge in [-0.25, -0.2) is 4.39 Å². The summed E-state index contributed by atoms with van der Waals surface area (Å²) < 4.78 is 17.9. The molecular weight excluding hydrogens is 357 g/mol. The van der Waals surface area contributed by atoms with Crippen LogP contribution in [0.5, 0.6) is 0 Å². The molecule has 8 heteroatoms. The van der Waals surface area contributed by atoms with E-state index >= 15 is 0 Å². The minimum Gasteiger partial charge on any atom is -0.351 e. The largest absolute Gasteiger partial charge is 0.351 e. The highest BCUT2D eigenvalue weighted by Gasteiger charge is 2.16. The molecule has 0 spiro atoms. The van der Waals surface area contributed by atoms with Crippen molar-refractivity contribution < 1.29 is 18.5 Å². The molecule has 134 valence electrons. The van der Waals surface area contributed by atoms with Crippen molar-refractivity contribution in [2.45, 2.75) is 19.8 Å². The fourth-order valence-electron chi connectivity index (χ4n) is 2.13. The molecule has 0 aliphatic heterocycles. The predicted octanol–water partition coefficient (Wildman–Crippen LogP) is 3.74. The number of rotatable bonds is 4. The van der Waals surface area contributed by atoms with Crippen LogP contribution in [0.4, 0.5) is 4.39 Å². The first-order valence-electron chi connectivity index (χ1n) is 7.87. The molecule has 0 fully saturated rings. The van der Waals surface area contributed by atoms with Crippen molar-refractivity contribution in [1.82, 2.24) is 16.0 Å². The quantitative estimate of drug-likeness (QED) is 0.683. The zero-order chi connectivity index (χ0) is 18.7. The standard InChI is InChI=1S/C18H16FN3O3S/c1-10(2)13-9-14(25-22-13)17(23)20-21-18(24)16-8-7-15(26-16)11-3-5-12(19)6-4-11/h3-10H,1-2H3,(H,20,23)(H,21,24). The lowest BCUT2D eigenvalue weighted by atomic mass is 10.1. The molecule has 0 atom stereocenters. The molecule has 3 aromatic rings. The third-order valence-corrected chi connectivity index (χ3v) is 4.72. The lowest BCUT2D eigenvalue weighted by Gasteiger charge is -2.03. The maximum atomic E-state index is 13.0. The van der Waals surface area contributed by atoms with Crippen LogP contribution >= 0.6 is 11.3 Å². The predicted molar refractivity (Wildman–Crippen MR) is 95.2 cm³/mol. The molecule has 2 aromatic heterocycles. The first kappa shape index (κ1) is 17.8. The molecule has 26 heavy (non-hydrogen) atoms. The van der Waals surface area contributed by atoms with Gasteiger partial charge in [-0.15, -0.1) is 11.3 Å². The molecular formula is C18H16FN3O3S. The molecule has 0 saturated heterocycles. The van der Waals surface area contributed by atoms with Crippen LogP contribution in [0.3, 0.4) is 0 Å². The number of benzene rings is 1. The van der Waals surface area contributed by atoms with Gasteiger partial charge in [-0.05, 0) is 35.7 Å². The zero-order valence-electron chi connectivity index (χ0n) is 14.1. The molecule has 1 aromatic carbocycles. The second kappa shape index (κ2) is 7.49. The highest BCUT2D eigenvalue weighted by molar-refractivity contribution is 7.17. The first-order chi connectivity index (χ1) is 12.4. The van der Waals surface area contributed by atoms with Crippen LogP contribution in [0.15, 0.2) is 47.0 Å². The topological polar surface area (TPSA) is 84.2 Å². The van der Waals surface area contributed by atoms with E-state index in [4.69, 9.17) is 4.52 Å². The number of carbonyl (C=O) groups is 2. The summed E-state index contributed by atoms with van der Waals surface area (Å²) in [6, 6.07) is 10.9. The Kier molecular flexibility index (Phi) is 5.13. The lowest BCUT2D eigenvalue weighted by molar-refractivity contribution is 0.0827. The molecule has 2 amide bonds. The molecule has 0 saturated carbocycles. The zero-order valence-corrected chi connectivity index (χ0v) is 14.9. The van der Waals surface area contributed by atoms with Crippen molar-refractivity contribution in [2.75, 3.05) is 0 Å². The van der Waals surface area contributed by atoms with Crippen molar-refractivity contribution in [2.24, 2.45) is 0 Å². The van der Waals surface area contributed by atoms with E-state index in [1.165, 1.54) is 29.5 Å². The van der Waals surface area contributed by atoms with Gasteiger partial charge in [0.1, 0.15) is 5.82 Å². The number of carbonyl (C=O) groups excluding carboxylic acids is 2. The van der Waals surface area contributed by atoms with Gasteiger partial charge in [-0.2, -0.15) is 0 Å². The molecule has 0 aliphatic carbocycles.